The van der Waals surface area contributed by atoms with Crippen LogP contribution < -0.4 is 0 Å². The summed E-state index contributed by atoms with van der Waals surface area (Å²) in [5.41, 5.74) is 2.42. The first-order valence-corrected chi connectivity index (χ1v) is 4.22. The summed E-state index contributed by atoms with van der Waals surface area (Å²) in [7, 11) is 0. The van der Waals surface area contributed by atoms with Crippen molar-refractivity contribution in [2.45, 2.75) is 26.2 Å². The zero-order valence-corrected chi connectivity index (χ0v) is 6.76. The van der Waals surface area contributed by atoms with Crippen LogP contribution in [0.25, 0.3) is 0 Å². The van der Waals surface area contributed by atoms with Gasteiger partial charge < -0.3 is 0 Å². The molecule has 0 radical (unpaired) electrons. The molecule has 1 atom stereocenters. The highest BCUT2D eigenvalue weighted by molar-refractivity contribution is 6.01. The molecule has 11 heavy (non-hydrogen) atoms. The minimum absolute atomic E-state index is 0.350. The molecule has 0 fully saturated rings. The molecule has 58 valence electrons. The summed E-state index contributed by atoms with van der Waals surface area (Å²) in [4.78, 5) is 11.2. The van der Waals surface area contributed by atoms with E-state index >= 15 is 0 Å². The number of rotatable bonds is 0. The average Bonchev–Trinajstić information content (AvgIpc) is 2.35. The first-order valence-electron chi connectivity index (χ1n) is 4.22. The smallest absolute Gasteiger partial charge is 0.163 e. The Balaban J connectivity index is 2.40. The fourth-order valence-corrected chi connectivity index (χ4v) is 1.94. The molecule has 1 unspecified atom stereocenters. The van der Waals surface area contributed by atoms with Crippen LogP contribution in [0, 0.1) is 5.92 Å². The first-order chi connectivity index (χ1) is 5.29. The van der Waals surface area contributed by atoms with Gasteiger partial charge in [0.05, 0.1) is 0 Å². The van der Waals surface area contributed by atoms with Crippen LogP contribution in [0.4, 0.5) is 0 Å². The van der Waals surface area contributed by atoms with Crippen molar-refractivity contribution in [1.82, 2.24) is 0 Å². The largest absolute Gasteiger partial charge is 0.294 e. The number of carbonyl (C=O) groups excluding carboxylic acids is 1. The Morgan fingerprint density at radius 2 is 2.27 bits per heavy atom. The first kappa shape index (κ1) is 6.84. The predicted octanol–water partition coefficient (Wildman–Crippen LogP) is 2.24. The molecule has 2 rings (SSSR count). The zero-order valence-electron chi connectivity index (χ0n) is 6.76. The highest BCUT2D eigenvalue weighted by Gasteiger charge is 2.25. The second-order valence-electron chi connectivity index (χ2n) is 3.40. The molecule has 0 bridgehead atoms. The lowest BCUT2D eigenvalue weighted by Crippen LogP contribution is -2.03. The van der Waals surface area contributed by atoms with Crippen LogP contribution in [-0.4, -0.2) is 5.78 Å². The van der Waals surface area contributed by atoms with Gasteiger partial charge in [0, 0.05) is 12.0 Å². The van der Waals surface area contributed by atoms with Crippen molar-refractivity contribution in [3.8, 4) is 0 Å². The Morgan fingerprint density at radius 1 is 1.45 bits per heavy atom. The number of Topliss-reactive ketones (excluding diaryl/α,β-unsaturated/α-hetero) is 1. The molecular formula is C10H12O. The van der Waals surface area contributed by atoms with Crippen molar-refractivity contribution >= 4 is 5.78 Å². The summed E-state index contributed by atoms with van der Waals surface area (Å²) < 4.78 is 0. The van der Waals surface area contributed by atoms with Gasteiger partial charge >= 0.3 is 0 Å². The highest BCUT2D eigenvalue weighted by atomic mass is 16.1. The van der Waals surface area contributed by atoms with E-state index < -0.39 is 0 Å². The Morgan fingerprint density at radius 3 is 3.00 bits per heavy atom. The molecule has 1 nitrogen and oxygen atoms in total. The molecule has 0 N–H and O–H groups in total. The van der Waals surface area contributed by atoms with Gasteiger partial charge in [0.2, 0.25) is 0 Å². The normalized spacial score (nSPS) is 29.5. The van der Waals surface area contributed by atoms with Gasteiger partial charge in [0.25, 0.3) is 0 Å². The van der Waals surface area contributed by atoms with Gasteiger partial charge in [-0.3, -0.25) is 4.79 Å². The molecule has 0 aliphatic heterocycles. The molecule has 0 saturated carbocycles. The van der Waals surface area contributed by atoms with Crippen molar-refractivity contribution < 1.29 is 4.79 Å². The number of hydrogen-bond donors (Lipinski definition) is 0. The van der Waals surface area contributed by atoms with Crippen molar-refractivity contribution in [3.63, 3.8) is 0 Å². The maximum absolute atomic E-state index is 11.2. The van der Waals surface area contributed by atoms with E-state index in [1.807, 2.05) is 6.08 Å². The van der Waals surface area contributed by atoms with Crippen LogP contribution in [0.3, 0.4) is 0 Å². The van der Waals surface area contributed by atoms with Gasteiger partial charge in [-0.25, -0.2) is 0 Å². The van der Waals surface area contributed by atoms with Gasteiger partial charge in [-0.1, -0.05) is 24.6 Å². The monoisotopic (exact) mass is 148 g/mol. The molecule has 1 heteroatoms. The molecule has 2 aliphatic rings. The predicted molar refractivity (Wildman–Crippen MR) is 44.2 cm³/mol. The third kappa shape index (κ3) is 0.953. The maximum atomic E-state index is 11.2. The minimum atomic E-state index is 0.350. The summed E-state index contributed by atoms with van der Waals surface area (Å²) in [5.74, 6) is 0.962. The summed E-state index contributed by atoms with van der Waals surface area (Å²) >= 11 is 0. The number of carbonyl (C=O) groups is 1. The van der Waals surface area contributed by atoms with E-state index in [2.05, 4.69) is 13.0 Å². The lowest BCUT2D eigenvalue weighted by molar-refractivity contribution is -0.114. The summed E-state index contributed by atoms with van der Waals surface area (Å²) in [6, 6.07) is 0. The van der Waals surface area contributed by atoms with Crippen molar-refractivity contribution in [3.05, 3.63) is 23.3 Å². The van der Waals surface area contributed by atoms with Crippen LogP contribution in [0.15, 0.2) is 23.3 Å². The summed E-state index contributed by atoms with van der Waals surface area (Å²) in [5, 5.41) is 0. The second kappa shape index (κ2) is 2.33. The van der Waals surface area contributed by atoms with Crippen LogP contribution >= 0.6 is 0 Å². The lowest BCUT2D eigenvalue weighted by atomic mass is 9.90. The van der Waals surface area contributed by atoms with Crippen LogP contribution in [0.1, 0.15) is 26.2 Å². The molecule has 2 aliphatic carbocycles. The SMILES string of the molecule is CC1CC=CC2=C1CCC2=O. The van der Waals surface area contributed by atoms with Gasteiger partial charge in [-0.05, 0) is 18.8 Å². The molecule has 0 aromatic rings. The lowest BCUT2D eigenvalue weighted by Gasteiger charge is -2.14. The second-order valence-corrected chi connectivity index (χ2v) is 3.40. The molecular weight excluding hydrogens is 136 g/mol. The van der Waals surface area contributed by atoms with E-state index in [-0.39, 0.29) is 0 Å². The summed E-state index contributed by atoms with van der Waals surface area (Å²) in [6.07, 6.45) is 7.00. The third-order valence-corrected chi connectivity index (χ3v) is 2.64. The fraction of sp³-hybridized carbons (Fsp3) is 0.500. The molecule has 0 spiro atoms. The van der Waals surface area contributed by atoms with E-state index in [9.17, 15) is 4.79 Å². The van der Waals surface area contributed by atoms with Crippen molar-refractivity contribution in [2.24, 2.45) is 5.92 Å². The Hall–Kier alpha value is -0.850. The van der Waals surface area contributed by atoms with E-state index in [4.69, 9.17) is 0 Å². The minimum Gasteiger partial charge on any atom is -0.294 e. The Bertz CT molecular complexity index is 258. The van der Waals surface area contributed by atoms with Gasteiger partial charge in [-0.15, -0.1) is 0 Å². The van der Waals surface area contributed by atoms with Gasteiger partial charge in [0.1, 0.15) is 0 Å². The molecule has 0 aromatic carbocycles. The Labute approximate surface area is 66.8 Å². The van der Waals surface area contributed by atoms with Crippen LogP contribution in [0.2, 0.25) is 0 Å². The van der Waals surface area contributed by atoms with E-state index in [1.54, 1.807) is 0 Å². The van der Waals surface area contributed by atoms with Crippen molar-refractivity contribution in [1.29, 1.82) is 0 Å². The highest BCUT2D eigenvalue weighted by Crippen LogP contribution is 2.34. The van der Waals surface area contributed by atoms with Gasteiger partial charge in [-0.2, -0.15) is 0 Å². The summed E-state index contributed by atoms with van der Waals surface area (Å²) in [6.45, 7) is 2.21. The molecule has 0 amide bonds. The van der Waals surface area contributed by atoms with Gasteiger partial charge in [0.15, 0.2) is 5.78 Å². The Kier molecular flexibility index (Phi) is 1.45. The number of hydrogen-bond acceptors (Lipinski definition) is 1. The van der Waals surface area contributed by atoms with Crippen LogP contribution in [0.5, 0.6) is 0 Å². The third-order valence-electron chi connectivity index (χ3n) is 2.64. The van der Waals surface area contributed by atoms with Crippen molar-refractivity contribution in [2.75, 3.05) is 0 Å². The zero-order chi connectivity index (χ0) is 7.84. The number of ketones is 1. The molecule has 0 saturated heterocycles. The topological polar surface area (TPSA) is 17.1 Å². The van der Waals surface area contributed by atoms with E-state index in [0.717, 1.165) is 24.8 Å². The van der Waals surface area contributed by atoms with Crippen LogP contribution in [-0.2, 0) is 4.79 Å². The fourth-order valence-electron chi connectivity index (χ4n) is 1.94. The average molecular weight is 148 g/mol. The molecule has 0 heterocycles. The quantitative estimate of drug-likeness (QED) is 0.515. The maximum Gasteiger partial charge on any atom is 0.163 e. The van der Waals surface area contributed by atoms with E-state index in [0.29, 0.717) is 11.7 Å². The van der Waals surface area contributed by atoms with E-state index in [1.165, 1.54) is 5.57 Å². The number of allylic oxidation sites excluding steroid dienone is 4. The standard InChI is InChI=1S/C10H12O/c1-7-3-2-4-9-8(7)5-6-10(9)11/h2,4,7H,3,5-6H2,1H3. The molecule has 0 aromatic heterocycles.